The summed E-state index contributed by atoms with van der Waals surface area (Å²) in [4.78, 5) is 0. The summed E-state index contributed by atoms with van der Waals surface area (Å²) in [5, 5.41) is 18.1. The Morgan fingerprint density at radius 3 is 2.64 bits per heavy atom. The lowest BCUT2D eigenvalue weighted by Crippen LogP contribution is -2.19. The average Bonchev–Trinajstić information content (AvgIpc) is 2.17. The third kappa shape index (κ3) is 1.83. The van der Waals surface area contributed by atoms with Crippen molar-refractivity contribution in [3.63, 3.8) is 0 Å². The second-order valence-corrected chi connectivity index (χ2v) is 3.03. The number of rotatable bonds is 2. The van der Waals surface area contributed by atoms with E-state index in [9.17, 15) is 9.50 Å². The number of nitrogens with zero attached hydrogens (tertiary/aromatic N) is 1. The summed E-state index contributed by atoms with van der Waals surface area (Å²) in [6.07, 6.45) is 0. The molecule has 0 spiro atoms. The first-order chi connectivity index (χ1) is 6.51. The first-order valence-electron chi connectivity index (χ1n) is 3.99. The number of methoxy groups -OCH3 is 1. The van der Waals surface area contributed by atoms with E-state index >= 15 is 0 Å². The third-order valence-corrected chi connectivity index (χ3v) is 1.92. The van der Waals surface area contributed by atoms with E-state index in [1.807, 2.05) is 0 Å². The number of ether oxygens (including phenoxy) is 1. The van der Waals surface area contributed by atoms with Crippen LogP contribution in [0.4, 0.5) is 4.39 Å². The molecule has 3 nitrogen and oxygen atoms in total. The molecule has 1 N–H and O–H groups in total. The van der Waals surface area contributed by atoms with Crippen LogP contribution in [0.2, 0.25) is 0 Å². The molecule has 0 fully saturated rings. The number of hydrogen-bond acceptors (Lipinski definition) is 3. The molecule has 0 aromatic heterocycles. The molecule has 1 unspecified atom stereocenters. The summed E-state index contributed by atoms with van der Waals surface area (Å²) in [5.74, 6) is -0.309. The minimum absolute atomic E-state index is 0.0548. The fourth-order valence-electron chi connectivity index (χ4n) is 1.08. The number of hydrogen-bond donors (Lipinski definition) is 1. The van der Waals surface area contributed by atoms with Gasteiger partial charge in [-0.05, 0) is 19.1 Å². The van der Waals surface area contributed by atoms with Gasteiger partial charge in [0.1, 0.15) is 17.6 Å². The maximum Gasteiger partial charge on any atom is 0.176 e. The standard InChI is InChI=1S/C10H10FNO2/c1-10(13,6-12)8-4-3-7(14-2)5-9(8)11/h3-5,13H,1-2H3. The van der Waals surface area contributed by atoms with Gasteiger partial charge in [0.05, 0.1) is 7.11 Å². The van der Waals surface area contributed by atoms with E-state index in [1.165, 1.54) is 26.2 Å². The zero-order valence-electron chi connectivity index (χ0n) is 7.91. The van der Waals surface area contributed by atoms with Crippen LogP contribution in [0.25, 0.3) is 0 Å². The Hall–Kier alpha value is -1.60. The Labute approximate surface area is 81.4 Å². The average molecular weight is 195 g/mol. The summed E-state index contributed by atoms with van der Waals surface area (Å²) in [6, 6.07) is 5.56. The summed E-state index contributed by atoms with van der Waals surface area (Å²) in [7, 11) is 1.41. The van der Waals surface area contributed by atoms with E-state index in [1.54, 1.807) is 6.07 Å². The molecule has 0 amide bonds. The van der Waals surface area contributed by atoms with Gasteiger partial charge in [-0.25, -0.2) is 4.39 Å². The maximum absolute atomic E-state index is 13.3. The van der Waals surface area contributed by atoms with Gasteiger partial charge in [0.2, 0.25) is 0 Å². The molecule has 4 heteroatoms. The summed E-state index contributed by atoms with van der Waals surface area (Å²) in [6.45, 7) is 1.23. The van der Waals surface area contributed by atoms with Gasteiger partial charge >= 0.3 is 0 Å². The van der Waals surface area contributed by atoms with Gasteiger partial charge in [0.15, 0.2) is 5.60 Å². The highest BCUT2D eigenvalue weighted by molar-refractivity contribution is 5.35. The number of benzene rings is 1. The molecule has 0 saturated heterocycles. The quantitative estimate of drug-likeness (QED) is 0.728. The van der Waals surface area contributed by atoms with Crippen LogP contribution in [0.5, 0.6) is 5.75 Å². The van der Waals surface area contributed by atoms with E-state index in [4.69, 9.17) is 10.00 Å². The van der Waals surface area contributed by atoms with Gasteiger partial charge in [-0.3, -0.25) is 0 Å². The van der Waals surface area contributed by atoms with Crippen molar-refractivity contribution in [1.29, 1.82) is 5.26 Å². The Bertz CT molecular complexity index is 382. The molecule has 1 rings (SSSR count). The van der Waals surface area contributed by atoms with Crippen LogP contribution in [0.1, 0.15) is 12.5 Å². The monoisotopic (exact) mass is 195 g/mol. The Kier molecular flexibility index (Phi) is 2.73. The van der Waals surface area contributed by atoms with Crippen LogP contribution in [-0.2, 0) is 5.60 Å². The topological polar surface area (TPSA) is 53.2 Å². The normalized spacial score (nSPS) is 14.2. The minimum atomic E-state index is -1.81. The van der Waals surface area contributed by atoms with Gasteiger partial charge in [0, 0.05) is 11.6 Å². The van der Waals surface area contributed by atoms with Crippen molar-refractivity contribution in [3.05, 3.63) is 29.6 Å². The van der Waals surface area contributed by atoms with Gasteiger partial charge in [-0.15, -0.1) is 0 Å². The van der Waals surface area contributed by atoms with E-state index < -0.39 is 11.4 Å². The molecule has 14 heavy (non-hydrogen) atoms. The lowest BCUT2D eigenvalue weighted by molar-refractivity contribution is 0.115. The second kappa shape index (κ2) is 3.64. The first kappa shape index (κ1) is 10.5. The van der Waals surface area contributed by atoms with Gasteiger partial charge in [-0.1, -0.05) is 0 Å². The van der Waals surface area contributed by atoms with Crippen LogP contribution in [0.3, 0.4) is 0 Å². The minimum Gasteiger partial charge on any atom is -0.497 e. The van der Waals surface area contributed by atoms with E-state index in [0.29, 0.717) is 5.75 Å². The van der Waals surface area contributed by atoms with Crippen molar-refractivity contribution in [2.75, 3.05) is 7.11 Å². The fraction of sp³-hybridized carbons (Fsp3) is 0.300. The summed E-state index contributed by atoms with van der Waals surface area (Å²) < 4.78 is 18.1. The van der Waals surface area contributed by atoms with Crippen LogP contribution >= 0.6 is 0 Å². The predicted octanol–water partition coefficient (Wildman–Crippen LogP) is 1.57. The van der Waals surface area contributed by atoms with E-state index in [0.717, 1.165) is 6.07 Å². The molecule has 0 heterocycles. The third-order valence-electron chi connectivity index (χ3n) is 1.92. The lowest BCUT2D eigenvalue weighted by atomic mass is 9.97. The van der Waals surface area contributed by atoms with Gasteiger partial charge in [0.25, 0.3) is 0 Å². The van der Waals surface area contributed by atoms with Crippen molar-refractivity contribution in [2.45, 2.75) is 12.5 Å². The van der Waals surface area contributed by atoms with Crippen molar-refractivity contribution in [1.82, 2.24) is 0 Å². The van der Waals surface area contributed by atoms with Crippen LogP contribution < -0.4 is 4.74 Å². The second-order valence-electron chi connectivity index (χ2n) is 3.03. The Balaban J connectivity index is 3.20. The van der Waals surface area contributed by atoms with Crippen molar-refractivity contribution < 1.29 is 14.2 Å². The maximum atomic E-state index is 13.3. The number of halogens is 1. The molecule has 74 valence electrons. The molecule has 1 aromatic rings. The molecule has 0 saturated carbocycles. The Morgan fingerprint density at radius 2 is 2.21 bits per heavy atom. The fourth-order valence-corrected chi connectivity index (χ4v) is 1.08. The molecular weight excluding hydrogens is 185 g/mol. The highest BCUT2D eigenvalue weighted by atomic mass is 19.1. The van der Waals surface area contributed by atoms with E-state index in [-0.39, 0.29) is 5.56 Å². The molecule has 1 aromatic carbocycles. The Morgan fingerprint density at radius 1 is 1.57 bits per heavy atom. The summed E-state index contributed by atoms with van der Waals surface area (Å²) >= 11 is 0. The van der Waals surface area contributed by atoms with Crippen LogP contribution in [0.15, 0.2) is 18.2 Å². The molecule has 0 aliphatic rings. The number of nitriles is 1. The van der Waals surface area contributed by atoms with Crippen molar-refractivity contribution >= 4 is 0 Å². The molecule has 0 aliphatic carbocycles. The first-order valence-corrected chi connectivity index (χ1v) is 3.99. The van der Waals surface area contributed by atoms with E-state index in [2.05, 4.69) is 0 Å². The van der Waals surface area contributed by atoms with Crippen LogP contribution in [0, 0.1) is 17.1 Å². The smallest absolute Gasteiger partial charge is 0.176 e. The van der Waals surface area contributed by atoms with Gasteiger partial charge in [-0.2, -0.15) is 5.26 Å². The molecule has 0 bridgehead atoms. The van der Waals surface area contributed by atoms with Crippen molar-refractivity contribution in [2.24, 2.45) is 0 Å². The van der Waals surface area contributed by atoms with Crippen LogP contribution in [-0.4, -0.2) is 12.2 Å². The molecule has 1 atom stereocenters. The number of aliphatic hydroxyl groups is 1. The van der Waals surface area contributed by atoms with Gasteiger partial charge < -0.3 is 9.84 Å². The zero-order chi connectivity index (χ0) is 10.8. The predicted molar refractivity (Wildman–Crippen MR) is 48.1 cm³/mol. The molecule has 0 aliphatic heterocycles. The summed E-state index contributed by atoms with van der Waals surface area (Å²) in [5.41, 5.74) is -1.86. The highest BCUT2D eigenvalue weighted by Gasteiger charge is 2.26. The molecular formula is C10H10FNO2. The highest BCUT2D eigenvalue weighted by Crippen LogP contribution is 2.25. The lowest BCUT2D eigenvalue weighted by Gasteiger charge is -2.15. The van der Waals surface area contributed by atoms with Crippen molar-refractivity contribution in [3.8, 4) is 11.8 Å². The largest absolute Gasteiger partial charge is 0.497 e. The SMILES string of the molecule is COc1ccc(C(C)(O)C#N)c(F)c1. The zero-order valence-corrected chi connectivity index (χ0v) is 7.91. The molecule has 0 radical (unpaired) electrons.